The molecular formula is C12H13N3O. The van der Waals surface area contributed by atoms with E-state index in [1.165, 1.54) is 6.33 Å². The molecule has 0 aliphatic rings. The molecule has 0 aliphatic carbocycles. The van der Waals surface area contributed by atoms with Gasteiger partial charge in [-0.1, -0.05) is 30.3 Å². The van der Waals surface area contributed by atoms with Crippen LogP contribution in [0.3, 0.4) is 0 Å². The number of nitrogens with two attached hydrogens (primary N) is 1. The van der Waals surface area contributed by atoms with E-state index in [0.29, 0.717) is 5.69 Å². The van der Waals surface area contributed by atoms with Crippen LogP contribution in [-0.2, 0) is 0 Å². The fraction of sp³-hybridized carbons (Fsp3) is 0.167. The third kappa shape index (κ3) is 2.24. The lowest BCUT2D eigenvalue weighted by Gasteiger charge is -2.18. The first-order valence-electron chi connectivity index (χ1n) is 5.03. The second-order valence-corrected chi connectivity index (χ2v) is 3.52. The molecule has 1 aromatic carbocycles. The molecular weight excluding hydrogens is 202 g/mol. The van der Waals surface area contributed by atoms with E-state index in [4.69, 9.17) is 5.73 Å². The number of aromatic nitrogens is 2. The Labute approximate surface area is 93.8 Å². The Balaban J connectivity index is 2.20. The Hall–Kier alpha value is -1.78. The molecule has 82 valence electrons. The van der Waals surface area contributed by atoms with Gasteiger partial charge in [0, 0.05) is 6.20 Å². The summed E-state index contributed by atoms with van der Waals surface area (Å²) in [6.07, 6.45) is 2.17. The van der Waals surface area contributed by atoms with Crippen LogP contribution in [0.2, 0.25) is 0 Å². The lowest BCUT2D eigenvalue weighted by atomic mass is 10.0. The zero-order valence-electron chi connectivity index (χ0n) is 8.69. The van der Waals surface area contributed by atoms with E-state index in [0.717, 1.165) is 5.56 Å². The standard InChI is InChI=1S/C12H13N3O/c13-11(9-4-2-1-3-5-9)12(16)10-6-7-14-8-15-10/h1-8,11-12,16H,13H2. The van der Waals surface area contributed by atoms with E-state index >= 15 is 0 Å². The van der Waals surface area contributed by atoms with E-state index in [9.17, 15) is 5.11 Å². The molecule has 16 heavy (non-hydrogen) atoms. The highest BCUT2D eigenvalue weighted by molar-refractivity contribution is 5.21. The summed E-state index contributed by atoms with van der Waals surface area (Å²) >= 11 is 0. The van der Waals surface area contributed by atoms with Crippen LogP contribution in [0, 0.1) is 0 Å². The second-order valence-electron chi connectivity index (χ2n) is 3.52. The highest BCUT2D eigenvalue weighted by Crippen LogP contribution is 2.24. The summed E-state index contributed by atoms with van der Waals surface area (Å²) in [5.74, 6) is 0. The second kappa shape index (κ2) is 4.83. The molecule has 0 fully saturated rings. The number of nitrogens with zero attached hydrogens (tertiary/aromatic N) is 2. The third-order valence-corrected chi connectivity index (χ3v) is 2.43. The van der Waals surface area contributed by atoms with Crippen LogP contribution in [0.25, 0.3) is 0 Å². The molecule has 0 radical (unpaired) electrons. The molecule has 2 unspecified atom stereocenters. The number of hydrogen-bond acceptors (Lipinski definition) is 4. The average Bonchev–Trinajstić information content (AvgIpc) is 2.39. The van der Waals surface area contributed by atoms with Crippen molar-refractivity contribution in [2.75, 3.05) is 0 Å². The molecule has 4 heteroatoms. The van der Waals surface area contributed by atoms with E-state index in [2.05, 4.69) is 9.97 Å². The summed E-state index contributed by atoms with van der Waals surface area (Å²) < 4.78 is 0. The molecule has 3 N–H and O–H groups in total. The summed E-state index contributed by atoms with van der Waals surface area (Å²) in [4.78, 5) is 7.78. The van der Waals surface area contributed by atoms with Crippen LogP contribution in [0.15, 0.2) is 48.9 Å². The molecule has 0 spiro atoms. The van der Waals surface area contributed by atoms with Gasteiger partial charge in [0.1, 0.15) is 12.4 Å². The normalized spacial score (nSPS) is 14.4. The van der Waals surface area contributed by atoms with Gasteiger partial charge in [0.25, 0.3) is 0 Å². The predicted molar refractivity (Wildman–Crippen MR) is 60.4 cm³/mol. The van der Waals surface area contributed by atoms with E-state index in [1.807, 2.05) is 30.3 Å². The molecule has 2 atom stereocenters. The molecule has 1 aromatic heterocycles. The van der Waals surface area contributed by atoms with Gasteiger partial charge in [-0.2, -0.15) is 0 Å². The molecule has 0 amide bonds. The average molecular weight is 215 g/mol. The van der Waals surface area contributed by atoms with Gasteiger partial charge in [0.15, 0.2) is 0 Å². The molecule has 0 bridgehead atoms. The van der Waals surface area contributed by atoms with Crippen molar-refractivity contribution in [3.05, 3.63) is 60.2 Å². The van der Waals surface area contributed by atoms with Crippen LogP contribution in [0.4, 0.5) is 0 Å². The van der Waals surface area contributed by atoms with Crippen molar-refractivity contribution >= 4 is 0 Å². The Morgan fingerprint density at radius 2 is 1.88 bits per heavy atom. The topological polar surface area (TPSA) is 72.0 Å². The Morgan fingerprint density at radius 3 is 2.50 bits per heavy atom. The summed E-state index contributed by atoms with van der Waals surface area (Å²) in [5, 5.41) is 10.0. The van der Waals surface area contributed by atoms with Crippen molar-refractivity contribution in [2.45, 2.75) is 12.1 Å². The van der Waals surface area contributed by atoms with Crippen LogP contribution >= 0.6 is 0 Å². The maximum absolute atomic E-state index is 10.0. The molecule has 0 aliphatic heterocycles. The minimum absolute atomic E-state index is 0.476. The number of hydrogen-bond donors (Lipinski definition) is 2. The van der Waals surface area contributed by atoms with Gasteiger partial charge < -0.3 is 10.8 Å². The van der Waals surface area contributed by atoms with Crippen LogP contribution in [0.5, 0.6) is 0 Å². The SMILES string of the molecule is NC(c1ccccc1)C(O)c1ccncn1. The van der Waals surface area contributed by atoms with Crippen molar-refractivity contribution < 1.29 is 5.11 Å². The van der Waals surface area contributed by atoms with Gasteiger partial charge in [0.2, 0.25) is 0 Å². The number of aliphatic hydroxyl groups is 1. The fourth-order valence-electron chi connectivity index (χ4n) is 1.52. The van der Waals surface area contributed by atoms with Crippen molar-refractivity contribution in [1.29, 1.82) is 0 Å². The zero-order chi connectivity index (χ0) is 11.4. The molecule has 2 aromatic rings. The lowest BCUT2D eigenvalue weighted by molar-refractivity contribution is 0.142. The van der Waals surface area contributed by atoms with Gasteiger partial charge in [0.05, 0.1) is 11.7 Å². The predicted octanol–water partition coefficient (Wildman–Crippen LogP) is 1.21. The number of aliphatic hydroxyl groups excluding tert-OH is 1. The van der Waals surface area contributed by atoms with Gasteiger partial charge in [-0.15, -0.1) is 0 Å². The minimum Gasteiger partial charge on any atom is -0.385 e. The molecule has 4 nitrogen and oxygen atoms in total. The maximum Gasteiger partial charge on any atom is 0.115 e. The van der Waals surface area contributed by atoms with Gasteiger partial charge in [-0.25, -0.2) is 9.97 Å². The first kappa shape index (κ1) is 10.7. The Bertz CT molecular complexity index is 389. The minimum atomic E-state index is -0.814. The first-order valence-corrected chi connectivity index (χ1v) is 5.03. The van der Waals surface area contributed by atoms with Gasteiger partial charge in [-0.05, 0) is 11.6 Å². The van der Waals surface area contributed by atoms with E-state index < -0.39 is 12.1 Å². The number of benzene rings is 1. The molecule has 0 saturated carbocycles. The Kier molecular flexibility index (Phi) is 3.24. The molecule has 2 rings (SSSR count). The van der Waals surface area contributed by atoms with Gasteiger partial charge in [-0.3, -0.25) is 0 Å². The van der Waals surface area contributed by atoms with E-state index in [-0.39, 0.29) is 0 Å². The van der Waals surface area contributed by atoms with Crippen LogP contribution < -0.4 is 5.73 Å². The Morgan fingerprint density at radius 1 is 1.12 bits per heavy atom. The highest BCUT2D eigenvalue weighted by Gasteiger charge is 2.19. The van der Waals surface area contributed by atoms with Crippen molar-refractivity contribution in [3.8, 4) is 0 Å². The molecule has 0 saturated heterocycles. The van der Waals surface area contributed by atoms with Crippen molar-refractivity contribution in [1.82, 2.24) is 9.97 Å². The molecule has 1 heterocycles. The van der Waals surface area contributed by atoms with Crippen LogP contribution in [0.1, 0.15) is 23.4 Å². The van der Waals surface area contributed by atoms with E-state index in [1.54, 1.807) is 12.3 Å². The fourth-order valence-corrected chi connectivity index (χ4v) is 1.52. The first-order chi connectivity index (χ1) is 7.79. The smallest absolute Gasteiger partial charge is 0.115 e. The lowest BCUT2D eigenvalue weighted by Crippen LogP contribution is -2.20. The summed E-state index contributed by atoms with van der Waals surface area (Å²) in [6, 6.07) is 10.6. The maximum atomic E-state index is 10.0. The van der Waals surface area contributed by atoms with Crippen LogP contribution in [-0.4, -0.2) is 15.1 Å². The largest absolute Gasteiger partial charge is 0.385 e. The van der Waals surface area contributed by atoms with Crippen molar-refractivity contribution in [3.63, 3.8) is 0 Å². The third-order valence-electron chi connectivity index (χ3n) is 2.43. The summed E-state index contributed by atoms with van der Waals surface area (Å²) in [5.41, 5.74) is 7.38. The van der Waals surface area contributed by atoms with Gasteiger partial charge >= 0.3 is 0 Å². The number of rotatable bonds is 3. The zero-order valence-corrected chi connectivity index (χ0v) is 8.69. The quantitative estimate of drug-likeness (QED) is 0.807. The summed E-state index contributed by atoms with van der Waals surface area (Å²) in [6.45, 7) is 0. The monoisotopic (exact) mass is 215 g/mol. The highest BCUT2D eigenvalue weighted by atomic mass is 16.3. The van der Waals surface area contributed by atoms with Crippen molar-refractivity contribution in [2.24, 2.45) is 5.73 Å². The summed E-state index contributed by atoms with van der Waals surface area (Å²) in [7, 11) is 0.